The minimum atomic E-state index is -4.09. The third-order valence-corrected chi connectivity index (χ3v) is 4.78. The molecule has 2 N–H and O–H groups in total. The molecule has 0 heterocycles. The van der Waals surface area contributed by atoms with Gasteiger partial charge in [-0.1, -0.05) is 24.3 Å². The molecule has 120 valence electrons. The molecule has 0 radical (unpaired) electrons. The third kappa shape index (κ3) is 3.51. The zero-order valence-electron chi connectivity index (χ0n) is 12.1. The summed E-state index contributed by atoms with van der Waals surface area (Å²) in [5, 5.41) is 18.8. The molecule has 0 aliphatic rings. The van der Waals surface area contributed by atoms with Gasteiger partial charge in [-0.15, -0.1) is 0 Å². The van der Waals surface area contributed by atoms with E-state index < -0.39 is 26.5 Å². The number of rotatable bonds is 4. The normalized spacial score (nSPS) is 12.0. The van der Waals surface area contributed by atoms with Gasteiger partial charge in [-0.25, -0.2) is 13.2 Å². The first-order chi connectivity index (χ1) is 10.9. The standard InChI is InChI=1S/C16H14O6S/c1-22-16(19)15(10-11-7-8-13(17)14(18)9-11)23(20,21)12-5-3-2-4-6-12/h2-10,17-18H,1H3/b15-10+. The lowest BCUT2D eigenvalue weighted by Crippen LogP contribution is -2.15. The highest BCUT2D eigenvalue weighted by atomic mass is 32.2. The number of carbonyl (C=O) groups is 1. The van der Waals surface area contributed by atoms with Gasteiger partial charge in [-0.05, 0) is 35.9 Å². The topological polar surface area (TPSA) is 101 Å². The maximum Gasteiger partial charge on any atom is 0.349 e. The summed E-state index contributed by atoms with van der Waals surface area (Å²) in [7, 11) is -3.02. The molecule has 2 aromatic carbocycles. The highest BCUT2D eigenvalue weighted by Gasteiger charge is 2.27. The van der Waals surface area contributed by atoms with Gasteiger partial charge in [0.15, 0.2) is 16.4 Å². The van der Waals surface area contributed by atoms with Crippen LogP contribution in [0.3, 0.4) is 0 Å². The fraction of sp³-hybridized carbons (Fsp3) is 0.0625. The largest absolute Gasteiger partial charge is 0.504 e. The van der Waals surface area contributed by atoms with E-state index in [-0.39, 0.29) is 16.2 Å². The summed E-state index contributed by atoms with van der Waals surface area (Å²) in [6, 6.07) is 11.1. The summed E-state index contributed by atoms with van der Waals surface area (Å²) in [6.45, 7) is 0. The van der Waals surface area contributed by atoms with Gasteiger partial charge in [0.2, 0.25) is 9.84 Å². The molecule has 0 aromatic heterocycles. The zero-order valence-corrected chi connectivity index (χ0v) is 12.9. The molecule has 0 saturated heterocycles. The van der Waals surface area contributed by atoms with E-state index >= 15 is 0 Å². The Morgan fingerprint density at radius 2 is 1.70 bits per heavy atom. The average Bonchev–Trinajstić information content (AvgIpc) is 2.55. The minimum Gasteiger partial charge on any atom is -0.504 e. The van der Waals surface area contributed by atoms with Crippen LogP contribution in [0.2, 0.25) is 0 Å². The van der Waals surface area contributed by atoms with E-state index in [1.807, 2.05) is 0 Å². The van der Waals surface area contributed by atoms with Crippen LogP contribution in [-0.2, 0) is 19.4 Å². The Bertz CT molecular complexity index is 853. The Labute approximate surface area is 133 Å². The van der Waals surface area contributed by atoms with Crippen LogP contribution < -0.4 is 0 Å². The molecule has 2 rings (SSSR count). The van der Waals surface area contributed by atoms with Crippen molar-refractivity contribution in [1.82, 2.24) is 0 Å². The molecule has 0 unspecified atom stereocenters. The Morgan fingerprint density at radius 3 is 2.26 bits per heavy atom. The second kappa shape index (κ2) is 6.53. The Morgan fingerprint density at radius 1 is 1.04 bits per heavy atom. The SMILES string of the molecule is COC(=O)/C(=C\c1ccc(O)c(O)c1)S(=O)(=O)c1ccccc1. The highest BCUT2D eigenvalue weighted by Crippen LogP contribution is 2.28. The van der Waals surface area contributed by atoms with E-state index in [1.165, 1.54) is 36.4 Å². The molecule has 0 spiro atoms. The molecule has 23 heavy (non-hydrogen) atoms. The van der Waals surface area contributed by atoms with Crippen molar-refractivity contribution in [3.05, 3.63) is 59.0 Å². The number of hydrogen-bond donors (Lipinski definition) is 2. The van der Waals surface area contributed by atoms with Crippen LogP contribution in [0.1, 0.15) is 5.56 Å². The zero-order chi connectivity index (χ0) is 17.0. The maximum absolute atomic E-state index is 12.6. The molecular weight excluding hydrogens is 320 g/mol. The molecule has 7 heteroatoms. The number of ether oxygens (including phenoxy) is 1. The first kappa shape index (κ1) is 16.6. The summed E-state index contributed by atoms with van der Waals surface area (Å²) in [6.07, 6.45) is 1.08. The third-order valence-electron chi connectivity index (χ3n) is 3.03. The van der Waals surface area contributed by atoms with Gasteiger partial charge in [0, 0.05) is 0 Å². The molecule has 0 bridgehead atoms. The first-order valence-electron chi connectivity index (χ1n) is 6.48. The maximum atomic E-state index is 12.6. The predicted octanol–water partition coefficient (Wildman–Crippen LogP) is 2.09. The van der Waals surface area contributed by atoms with E-state index in [4.69, 9.17) is 0 Å². The van der Waals surface area contributed by atoms with E-state index in [0.29, 0.717) is 0 Å². The monoisotopic (exact) mass is 334 g/mol. The van der Waals surface area contributed by atoms with Crippen LogP contribution in [-0.4, -0.2) is 31.7 Å². The van der Waals surface area contributed by atoms with Crippen molar-refractivity contribution >= 4 is 21.9 Å². The molecule has 0 aliphatic heterocycles. The van der Waals surface area contributed by atoms with Crippen molar-refractivity contribution in [2.24, 2.45) is 0 Å². The van der Waals surface area contributed by atoms with Crippen LogP contribution in [0.25, 0.3) is 6.08 Å². The number of hydrogen-bond acceptors (Lipinski definition) is 6. The minimum absolute atomic E-state index is 0.0559. The smallest absolute Gasteiger partial charge is 0.349 e. The number of phenols is 2. The van der Waals surface area contributed by atoms with E-state index in [0.717, 1.165) is 19.3 Å². The second-order valence-electron chi connectivity index (χ2n) is 4.56. The lowest BCUT2D eigenvalue weighted by Gasteiger charge is -2.08. The van der Waals surface area contributed by atoms with E-state index in [1.54, 1.807) is 6.07 Å². The number of benzene rings is 2. The van der Waals surface area contributed by atoms with Crippen LogP contribution in [0.4, 0.5) is 0 Å². The second-order valence-corrected chi connectivity index (χ2v) is 6.48. The van der Waals surface area contributed by atoms with Gasteiger partial charge in [0.1, 0.15) is 0 Å². The molecule has 0 amide bonds. The van der Waals surface area contributed by atoms with E-state index in [2.05, 4.69) is 4.74 Å². The Balaban J connectivity index is 2.60. The molecule has 0 saturated carbocycles. The first-order valence-corrected chi connectivity index (χ1v) is 7.96. The number of methoxy groups -OCH3 is 1. The van der Waals surface area contributed by atoms with Crippen molar-refractivity contribution in [3.63, 3.8) is 0 Å². The van der Waals surface area contributed by atoms with Crippen LogP contribution in [0.15, 0.2) is 58.3 Å². The lowest BCUT2D eigenvalue weighted by molar-refractivity contribution is -0.135. The van der Waals surface area contributed by atoms with Crippen molar-refractivity contribution in [3.8, 4) is 11.5 Å². The molecule has 2 aromatic rings. The average molecular weight is 334 g/mol. The fourth-order valence-corrected chi connectivity index (χ4v) is 3.22. The Hall–Kier alpha value is -2.80. The van der Waals surface area contributed by atoms with Crippen molar-refractivity contribution in [2.45, 2.75) is 4.90 Å². The number of aromatic hydroxyl groups is 2. The molecule has 0 atom stereocenters. The highest BCUT2D eigenvalue weighted by molar-refractivity contribution is 7.96. The number of carbonyl (C=O) groups excluding carboxylic acids is 1. The van der Waals surface area contributed by atoms with Crippen molar-refractivity contribution < 1.29 is 28.2 Å². The van der Waals surface area contributed by atoms with Gasteiger partial charge in [0.05, 0.1) is 12.0 Å². The van der Waals surface area contributed by atoms with Crippen molar-refractivity contribution in [1.29, 1.82) is 0 Å². The van der Waals surface area contributed by atoms with Crippen molar-refractivity contribution in [2.75, 3.05) is 7.11 Å². The summed E-state index contributed by atoms with van der Waals surface area (Å²) < 4.78 is 29.8. The van der Waals surface area contributed by atoms with Crippen LogP contribution in [0, 0.1) is 0 Å². The molecule has 0 aliphatic carbocycles. The summed E-state index contributed by atoms with van der Waals surface area (Å²) in [4.78, 5) is 11.3. The van der Waals surface area contributed by atoms with E-state index in [9.17, 15) is 23.4 Å². The fourth-order valence-electron chi connectivity index (χ4n) is 1.86. The Kier molecular flexibility index (Phi) is 4.71. The summed E-state index contributed by atoms with van der Waals surface area (Å²) in [5.41, 5.74) is 0.222. The number of esters is 1. The van der Waals surface area contributed by atoms with Gasteiger partial charge in [0.25, 0.3) is 0 Å². The van der Waals surface area contributed by atoms with Crippen LogP contribution in [0.5, 0.6) is 11.5 Å². The van der Waals surface area contributed by atoms with Gasteiger partial charge < -0.3 is 14.9 Å². The van der Waals surface area contributed by atoms with Crippen LogP contribution >= 0.6 is 0 Å². The summed E-state index contributed by atoms with van der Waals surface area (Å²) in [5.74, 6) is -1.81. The molecular formula is C16H14O6S. The quantitative estimate of drug-likeness (QED) is 0.504. The predicted molar refractivity (Wildman–Crippen MR) is 83.4 cm³/mol. The molecule has 6 nitrogen and oxygen atoms in total. The van der Waals surface area contributed by atoms with Gasteiger partial charge in [-0.3, -0.25) is 0 Å². The summed E-state index contributed by atoms with van der Waals surface area (Å²) >= 11 is 0. The number of sulfone groups is 1. The van der Waals surface area contributed by atoms with Gasteiger partial charge >= 0.3 is 5.97 Å². The lowest BCUT2D eigenvalue weighted by atomic mass is 10.2. The van der Waals surface area contributed by atoms with Gasteiger partial charge in [-0.2, -0.15) is 0 Å². The molecule has 0 fully saturated rings. The number of phenolic OH excluding ortho intramolecular Hbond substituents is 2.